The largest absolute Gasteiger partial charge is 0.384 e. The minimum Gasteiger partial charge on any atom is -0.384 e. The number of hydrogen-bond acceptors (Lipinski definition) is 4. The maximum atomic E-state index is 12.5. The van der Waals surface area contributed by atoms with Crippen LogP contribution in [-0.2, 0) is 16.1 Å². The van der Waals surface area contributed by atoms with Crippen LogP contribution >= 0.6 is 12.4 Å². The fourth-order valence-corrected chi connectivity index (χ4v) is 3.23. The molecular weight excluding hydrogens is 378 g/mol. The van der Waals surface area contributed by atoms with Crippen molar-refractivity contribution >= 4 is 24.2 Å². The third-order valence-electron chi connectivity index (χ3n) is 5.09. The Kier molecular flexibility index (Phi) is 9.40. The van der Waals surface area contributed by atoms with Crippen LogP contribution in [0.1, 0.15) is 49.5 Å². The van der Waals surface area contributed by atoms with Crippen LogP contribution < -0.4 is 16.0 Å². The van der Waals surface area contributed by atoms with Crippen LogP contribution in [0.3, 0.4) is 0 Å². The summed E-state index contributed by atoms with van der Waals surface area (Å²) in [4.78, 5) is 24.4. The number of carbonyl (C=O) groups is 2. The molecule has 2 amide bonds. The SMILES string of the molecule is COCC1(CNC(=O)c2ccc(CNC(=O)C(C)(C)C)cc2)CCNCC1.Cl. The van der Waals surface area contributed by atoms with Crippen molar-refractivity contribution in [3.8, 4) is 0 Å². The van der Waals surface area contributed by atoms with Gasteiger partial charge in [-0.1, -0.05) is 32.9 Å². The Morgan fingerprint density at radius 1 is 1.11 bits per heavy atom. The van der Waals surface area contributed by atoms with E-state index in [1.807, 2.05) is 32.9 Å². The molecule has 0 bridgehead atoms. The van der Waals surface area contributed by atoms with Crippen LogP contribution in [0.5, 0.6) is 0 Å². The van der Waals surface area contributed by atoms with E-state index in [1.54, 1.807) is 19.2 Å². The Morgan fingerprint density at radius 3 is 2.25 bits per heavy atom. The number of carbonyl (C=O) groups excluding carboxylic acids is 2. The summed E-state index contributed by atoms with van der Waals surface area (Å²) in [5.41, 5.74) is 1.19. The molecule has 158 valence electrons. The topological polar surface area (TPSA) is 79.5 Å². The third-order valence-corrected chi connectivity index (χ3v) is 5.09. The number of amides is 2. The molecule has 0 atom stereocenters. The van der Waals surface area contributed by atoms with Crippen molar-refractivity contribution in [3.05, 3.63) is 35.4 Å². The predicted molar refractivity (Wildman–Crippen MR) is 114 cm³/mol. The summed E-state index contributed by atoms with van der Waals surface area (Å²) in [6.45, 7) is 9.29. The van der Waals surface area contributed by atoms with Gasteiger partial charge < -0.3 is 20.7 Å². The van der Waals surface area contributed by atoms with E-state index in [9.17, 15) is 9.59 Å². The number of hydrogen-bond donors (Lipinski definition) is 3. The molecule has 1 fully saturated rings. The molecule has 1 aromatic rings. The molecule has 1 aromatic carbocycles. The minimum atomic E-state index is -0.410. The van der Waals surface area contributed by atoms with Crippen LogP contribution in [0.15, 0.2) is 24.3 Å². The molecule has 7 heteroatoms. The lowest BCUT2D eigenvalue weighted by Crippen LogP contribution is -2.47. The van der Waals surface area contributed by atoms with Gasteiger partial charge in [0.1, 0.15) is 0 Å². The summed E-state index contributed by atoms with van der Waals surface area (Å²) in [5.74, 6) is -0.0657. The summed E-state index contributed by atoms with van der Waals surface area (Å²) >= 11 is 0. The average molecular weight is 412 g/mol. The van der Waals surface area contributed by atoms with Crippen molar-refractivity contribution in [3.63, 3.8) is 0 Å². The van der Waals surface area contributed by atoms with Crippen LogP contribution in [0.2, 0.25) is 0 Å². The van der Waals surface area contributed by atoms with E-state index in [0.29, 0.717) is 25.3 Å². The molecule has 3 N–H and O–H groups in total. The lowest BCUT2D eigenvalue weighted by atomic mass is 9.79. The third kappa shape index (κ3) is 7.08. The molecular formula is C21H34ClN3O3. The van der Waals surface area contributed by atoms with Crippen LogP contribution in [0.4, 0.5) is 0 Å². The highest BCUT2D eigenvalue weighted by Crippen LogP contribution is 2.28. The van der Waals surface area contributed by atoms with Crippen molar-refractivity contribution in [1.29, 1.82) is 0 Å². The Labute approximate surface area is 174 Å². The number of ether oxygens (including phenoxy) is 1. The molecule has 0 aliphatic carbocycles. The van der Waals surface area contributed by atoms with E-state index in [0.717, 1.165) is 31.5 Å². The molecule has 1 aliphatic rings. The summed E-state index contributed by atoms with van der Waals surface area (Å²) in [5, 5.41) is 9.34. The molecule has 2 rings (SSSR count). The van der Waals surface area contributed by atoms with Gasteiger partial charge >= 0.3 is 0 Å². The molecule has 1 heterocycles. The fourth-order valence-electron chi connectivity index (χ4n) is 3.23. The molecule has 0 spiro atoms. The standard InChI is InChI=1S/C21H33N3O3.ClH/c1-20(2,3)19(26)23-13-16-5-7-17(8-6-16)18(25)24-14-21(15-27-4)9-11-22-12-10-21;/h5-8,22H,9-15H2,1-4H3,(H,23,26)(H,24,25);1H. The molecule has 0 aromatic heterocycles. The maximum absolute atomic E-state index is 12.5. The summed E-state index contributed by atoms with van der Waals surface area (Å²) in [6, 6.07) is 7.37. The highest BCUT2D eigenvalue weighted by Gasteiger charge is 2.32. The van der Waals surface area contributed by atoms with Gasteiger partial charge in [0.25, 0.3) is 5.91 Å². The monoisotopic (exact) mass is 411 g/mol. The number of methoxy groups -OCH3 is 1. The van der Waals surface area contributed by atoms with Crippen molar-refractivity contribution in [2.75, 3.05) is 33.4 Å². The fraction of sp³-hybridized carbons (Fsp3) is 0.619. The number of rotatable bonds is 7. The van der Waals surface area contributed by atoms with Crippen molar-refractivity contribution < 1.29 is 14.3 Å². The number of benzene rings is 1. The molecule has 0 unspecified atom stereocenters. The smallest absolute Gasteiger partial charge is 0.251 e. The average Bonchev–Trinajstić information content (AvgIpc) is 2.65. The first kappa shape index (κ1) is 24.4. The van der Waals surface area contributed by atoms with Crippen LogP contribution in [0.25, 0.3) is 0 Å². The molecule has 28 heavy (non-hydrogen) atoms. The number of nitrogens with one attached hydrogen (secondary N) is 3. The zero-order valence-electron chi connectivity index (χ0n) is 17.4. The van der Waals surface area contributed by atoms with E-state index < -0.39 is 5.41 Å². The van der Waals surface area contributed by atoms with Gasteiger partial charge in [-0.15, -0.1) is 12.4 Å². The Hall–Kier alpha value is -1.63. The van der Waals surface area contributed by atoms with E-state index in [2.05, 4.69) is 16.0 Å². The Balaban J connectivity index is 0.00000392. The molecule has 0 saturated carbocycles. The van der Waals surface area contributed by atoms with Gasteiger partial charge in [-0.2, -0.15) is 0 Å². The highest BCUT2D eigenvalue weighted by molar-refractivity contribution is 5.94. The second-order valence-electron chi connectivity index (χ2n) is 8.50. The minimum absolute atomic E-state index is 0. The van der Waals surface area contributed by atoms with E-state index in [1.165, 1.54) is 0 Å². The van der Waals surface area contributed by atoms with Crippen LogP contribution in [-0.4, -0.2) is 45.2 Å². The quantitative estimate of drug-likeness (QED) is 0.644. The number of piperidine rings is 1. The Morgan fingerprint density at radius 2 is 1.71 bits per heavy atom. The maximum Gasteiger partial charge on any atom is 0.251 e. The zero-order valence-corrected chi connectivity index (χ0v) is 18.2. The van der Waals surface area contributed by atoms with Gasteiger partial charge in [0, 0.05) is 36.6 Å². The van der Waals surface area contributed by atoms with E-state index in [4.69, 9.17) is 4.74 Å². The van der Waals surface area contributed by atoms with Gasteiger partial charge in [-0.3, -0.25) is 9.59 Å². The Bertz CT molecular complexity index is 630. The van der Waals surface area contributed by atoms with E-state index in [-0.39, 0.29) is 29.6 Å². The van der Waals surface area contributed by atoms with Gasteiger partial charge in [-0.25, -0.2) is 0 Å². The molecule has 1 aliphatic heterocycles. The van der Waals surface area contributed by atoms with Crippen molar-refractivity contribution in [2.45, 2.75) is 40.2 Å². The predicted octanol–water partition coefficient (Wildman–Crippen LogP) is 2.52. The second-order valence-corrected chi connectivity index (χ2v) is 8.50. The first-order valence-corrected chi connectivity index (χ1v) is 9.61. The van der Waals surface area contributed by atoms with Gasteiger partial charge in [0.05, 0.1) is 6.61 Å². The summed E-state index contributed by atoms with van der Waals surface area (Å²) < 4.78 is 5.39. The normalized spacial score (nSPS) is 16.0. The van der Waals surface area contributed by atoms with Gasteiger partial charge in [0.15, 0.2) is 0 Å². The first-order chi connectivity index (χ1) is 12.8. The summed E-state index contributed by atoms with van der Waals surface area (Å²) in [7, 11) is 1.71. The van der Waals surface area contributed by atoms with Gasteiger partial charge in [-0.05, 0) is 43.6 Å². The highest BCUT2D eigenvalue weighted by atomic mass is 35.5. The van der Waals surface area contributed by atoms with Crippen molar-refractivity contribution in [2.24, 2.45) is 10.8 Å². The summed E-state index contributed by atoms with van der Waals surface area (Å²) in [6.07, 6.45) is 1.99. The number of halogens is 1. The second kappa shape index (κ2) is 10.8. The lowest BCUT2D eigenvalue weighted by molar-refractivity contribution is -0.128. The lowest BCUT2D eigenvalue weighted by Gasteiger charge is -2.37. The molecule has 1 saturated heterocycles. The van der Waals surface area contributed by atoms with Crippen LogP contribution in [0, 0.1) is 10.8 Å². The zero-order chi connectivity index (χ0) is 19.9. The van der Waals surface area contributed by atoms with Gasteiger partial charge in [0.2, 0.25) is 5.91 Å². The van der Waals surface area contributed by atoms with E-state index >= 15 is 0 Å². The first-order valence-electron chi connectivity index (χ1n) is 9.61. The van der Waals surface area contributed by atoms with Crippen molar-refractivity contribution in [1.82, 2.24) is 16.0 Å². The molecule has 0 radical (unpaired) electrons. The molecule has 6 nitrogen and oxygen atoms in total.